The van der Waals surface area contributed by atoms with Crippen molar-refractivity contribution >= 4 is 59.3 Å². The van der Waals surface area contributed by atoms with Gasteiger partial charge in [0.05, 0.1) is 17.4 Å². The van der Waals surface area contributed by atoms with Crippen LogP contribution in [0.1, 0.15) is 99.1 Å². The molecular weight excluding hydrogens is 917 g/mol. The Bertz CT molecular complexity index is 2670. The van der Waals surface area contributed by atoms with E-state index in [0.717, 1.165) is 41.1 Å². The van der Waals surface area contributed by atoms with E-state index < -0.39 is 47.7 Å². The zero-order chi connectivity index (χ0) is 48.9. The molecule has 6 heterocycles. The van der Waals surface area contributed by atoms with Gasteiger partial charge >= 0.3 is 30.2 Å². The molecule has 4 saturated heterocycles. The quantitative estimate of drug-likeness (QED) is 0.123. The first-order chi connectivity index (χ1) is 33.3. The Morgan fingerprint density at radius 1 is 0.704 bits per heavy atom. The smallest absolute Gasteiger partial charge is 0.418 e. The van der Waals surface area contributed by atoms with E-state index in [-0.39, 0.29) is 51.8 Å². The van der Waals surface area contributed by atoms with Crippen LogP contribution in [-0.2, 0) is 52.7 Å². The highest BCUT2D eigenvalue weighted by molar-refractivity contribution is 6.07. The number of aryl methyl sites for hydroxylation is 2. The molecule has 2 spiro atoms. The number of rotatable bonds is 8. The highest BCUT2D eigenvalue weighted by Crippen LogP contribution is 2.47. The molecular formula is C50H60N10O11. The summed E-state index contributed by atoms with van der Waals surface area (Å²) in [6.07, 6.45) is 7.41. The maximum absolute atomic E-state index is 13.4. The number of pyridine rings is 2. The van der Waals surface area contributed by atoms with Crippen molar-refractivity contribution < 1.29 is 52.9 Å². The molecule has 71 heavy (non-hydrogen) atoms. The van der Waals surface area contributed by atoms with Gasteiger partial charge in [-0.15, -0.1) is 0 Å². The molecule has 4 atom stereocenters. The Kier molecular flexibility index (Phi) is 16.4. The number of imide groups is 2. The monoisotopic (exact) mass is 976 g/mol. The van der Waals surface area contributed by atoms with Gasteiger partial charge in [0.25, 0.3) is 11.8 Å². The average molecular weight is 977 g/mol. The van der Waals surface area contributed by atoms with E-state index >= 15 is 0 Å². The predicted molar refractivity (Wildman–Crippen MR) is 259 cm³/mol. The van der Waals surface area contributed by atoms with E-state index in [4.69, 9.17) is 14.6 Å². The van der Waals surface area contributed by atoms with E-state index in [1.54, 1.807) is 47.5 Å². The number of nitrogens with one attached hydrogen (secondary N) is 5. The van der Waals surface area contributed by atoms with Crippen LogP contribution in [0.15, 0.2) is 85.2 Å². The second-order valence-corrected chi connectivity index (χ2v) is 17.1. The number of benzene rings is 2. The summed E-state index contributed by atoms with van der Waals surface area (Å²) >= 11 is 0. The van der Waals surface area contributed by atoms with Gasteiger partial charge in [-0.3, -0.25) is 29.1 Å². The molecule has 6 N–H and O–H groups in total. The van der Waals surface area contributed by atoms with E-state index in [2.05, 4.69) is 42.6 Å². The molecule has 4 aromatic rings. The summed E-state index contributed by atoms with van der Waals surface area (Å²) in [6, 6.07) is 21.3. The number of hydrogen-bond acceptors (Lipinski definition) is 13. The first-order valence-corrected chi connectivity index (χ1v) is 22.7. The summed E-state index contributed by atoms with van der Waals surface area (Å²) in [5.41, 5.74) is 2.91. The number of anilines is 2. The molecule has 0 radical (unpaired) electrons. The fourth-order valence-electron chi connectivity index (χ4n) is 9.68. The number of aromatic nitrogens is 2. The van der Waals surface area contributed by atoms with Crippen LogP contribution < -0.4 is 26.6 Å². The lowest BCUT2D eigenvalue weighted by molar-refractivity contribution is -0.144. The number of ether oxygens (including phenoxy) is 2. The van der Waals surface area contributed by atoms with Crippen molar-refractivity contribution in [1.29, 1.82) is 0 Å². The molecule has 9 amide bonds. The molecule has 0 bridgehead atoms. The maximum atomic E-state index is 13.4. The molecule has 2 aromatic carbocycles. The maximum Gasteiger partial charge on any atom is 0.418 e. The molecule has 376 valence electrons. The lowest BCUT2D eigenvalue weighted by Gasteiger charge is -2.26. The number of nitrogens with zero attached hydrogens (tertiary/aromatic N) is 5. The van der Waals surface area contributed by atoms with E-state index in [0.29, 0.717) is 59.3 Å². The van der Waals surface area contributed by atoms with Gasteiger partial charge in [0, 0.05) is 74.4 Å². The number of aliphatic carboxylic acids is 1. The van der Waals surface area contributed by atoms with Crippen molar-refractivity contribution in [3.63, 3.8) is 0 Å². The largest absolute Gasteiger partial charge is 0.480 e. The van der Waals surface area contributed by atoms with Gasteiger partial charge in [-0.05, 0) is 105 Å². The van der Waals surface area contributed by atoms with Crippen molar-refractivity contribution in [2.24, 2.45) is 0 Å². The number of carbonyl (C=O) groups excluding carboxylic acids is 7. The highest BCUT2D eigenvalue weighted by Gasteiger charge is 2.60. The van der Waals surface area contributed by atoms with Gasteiger partial charge in [-0.1, -0.05) is 39.1 Å². The van der Waals surface area contributed by atoms with Gasteiger partial charge in [0.1, 0.15) is 13.1 Å². The summed E-state index contributed by atoms with van der Waals surface area (Å²) in [5.74, 6) is -2.79. The second-order valence-electron chi connectivity index (χ2n) is 17.1. The zero-order valence-electron chi connectivity index (χ0n) is 38.0. The molecule has 4 fully saturated rings. The molecule has 21 heteroatoms. The average Bonchev–Trinajstić information content (AvgIpc) is 4.24. The standard InChI is InChI=1S/C24H25N5O5.C15H15N3O6.C9H12N2.2CH4/c1-25-22(32)27-16-7-8-17-15(13-16)9-10-24(17)21(31)29(23(33)34-24)14-20(30)28-12-4-6-19(28)18-5-2-3-11-26-18;1-16-13(22)17-9-2-3-10-8(6-9)4-5-15(10)12(21)18(7-11(19)20)14(23)24-15;1-2-6-10-8(4-1)9-5-3-7-11-9;;/h2-3,5,7-8,11,13,19H,4,6,9-10,12,14H2,1H3,(H2,25,27,32);2-3,6H,4-5,7H2,1H3,(H,19,20)(H2,16,17,22);1-2,4,6,9,11H,3,5,7H2;2*1H4/t19?,24-;15-;;;/m11.../s1. The van der Waals surface area contributed by atoms with E-state index in [1.807, 2.05) is 36.5 Å². The fraction of sp³-hybridized carbons (Fsp3) is 0.400. The normalized spacial score (nSPS) is 22.1. The summed E-state index contributed by atoms with van der Waals surface area (Å²) in [4.78, 5) is 109. The Hall–Kier alpha value is -7.94. The molecule has 2 unspecified atom stereocenters. The minimum absolute atomic E-state index is 0. The minimum Gasteiger partial charge on any atom is -0.480 e. The summed E-state index contributed by atoms with van der Waals surface area (Å²) < 4.78 is 10.9. The van der Waals surface area contributed by atoms with Crippen molar-refractivity contribution in [2.75, 3.05) is 50.9 Å². The number of hydrogen-bond donors (Lipinski definition) is 6. The summed E-state index contributed by atoms with van der Waals surface area (Å²) in [7, 11) is 3.01. The lowest BCUT2D eigenvalue weighted by Crippen LogP contribution is -2.44. The van der Waals surface area contributed by atoms with Crippen LogP contribution in [0.25, 0.3) is 0 Å². The Morgan fingerprint density at radius 3 is 1.69 bits per heavy atom. The molecule has 0 saturated carbocycles. The van der Waals surface area contributed by atoms with Crippen LogP contribution in [0.2, 0.25) is 0 Å². The van der Waals surface area contributed by atoms with Crippen LogP contribution in [0, 0.1) is 0 Å². The highest BCUT2D eigenvalue weighted by atomic mass is 16.6. The zero-order valence-corrected chi connectivity index (χ0v) is 38.0. The van der Waals surface area contributed by atoms with Gasteiger partial charge in [-0.2, -0.15) is 0 Å². The van der Waals surface area contributed by atoms with Crippen LogP contribution in [0.4, 0.5) is 30.6 Å². The van der Waals surface area contributed by atoms with Crippen LogP contribution in [-0.4, -0.2) is 118 Å². The van der Waals surface area contributed by atoms with Gasteiger partial charge in [-0.25, -0.2) is 29.0 Å². The third-order valence-electron chi connectivity index (χ3n) is 13.0. The number of amides is 9. The van der Waals surface area contributed by atoms with Crippen LogP contribution in [0.3, 0.4) is 0 Å². The Labute approximate surface area is 411 Å². The predicted octanol–water partition coefficient (Wildman–Crippen LogP) is 5.74. The minimum atomic E-state index is -1.46. The van der Waals surface area contributed by atoms with Crippen molar-refractivity contribution in [1.82, 2.24) is 40.6 Å². The van der Waals surface area contributed by atoms with Gasteiger partial charge < -0.3 is 46.1 Å². The van der Waals surface area contributed by atoms with E-state index in [1.165, 1.54) is 32.6 Å². The summed E-state index contributed by atoms with van der Waals surface area (Å²) in [5, 5.41) is 22.5. The van der Waals surface area contributed by atoms with Crippen molar-refractivity contribution in [2.45, 2.75) is 89.5 Å². The molecule has 2 aromatic heterocycles. The van der Waals surface area contributed by atoms with E-state index in [9.17, 15) is 38.4 Å². The van der Waals surface area contributed by atoms with Gasteiger partial charge in [0.15, 0.2) is 0 Å². The Balaban J connectivity index is 0.000000193. The van der Waals surface area contributed by atoms with Gasteiger partial charge in [0.2, 0.25) is 17.1 Å². The number of carboxylic acids is 1. The first-order valence-electron chi connectivity index (χ1n) is 22.7. The lowest BCUT2D eigenvalue weighted by atomic mass is 9.94. The molecule has 2 aliphatic carbocycles. The van der Waals surface area contributed by atoms with Crippen molar-refractivity contribution in [3.8, 4) is 0 Å². The number of carbonyl (C=O) groups is 8. The second kappa shape index (κ2) is 22.2. The SMILES string of the molecule is C.C.CNC(=O)Nc1ccc2c(c1)CC[C@@]21OC(=O)N(CC(=O)N2CCCC2c2ccccn2)C1=O.CNC(=O)Nc1ccc2c(c1)CC[C@@]21OC(=O)N(CC(=O)O)C1=O.c1ccc(C2CCCN2)nc1. The number of fused-ring (bicyclic) bond motifs is 4. The third kappa shape index (κ3) is 10.6. The number of carboxylic acid groups (broad SMARTS) is 1. The molecule has 21 nitrogen and oxygen atoms in total. The molecule has 4 aliphatic heterocycles. The number of urea groups is 2. The fourth-order valence-corrected chi connectivity index (χ4v) is 9.68. The number of likely N-dealkylation sites (tertiary alicyclic amines) is 1. The topological polar surface area (TPSA) is 271 Å². The summed E-state index contributed by atoms with van der Waals surface area (Å²) in [6.45, 7) is 0.590. The van der Waals surface area contributed by atoms with Crippen LogP contribution >= 0.6 is 0 Å². The third-order valence-corrected chi connectivity index (χ3v) is 13.0. The molecule has 6 aliphatic rings. The van der Waals surface area contributed by atoms with Crippen molar-refractivity contribution in [3.05, 3.63) is 119 Å². The first kappa shape index (κ1) is 52.4. The Morgan fingerprint density at radius 2 is 1.23 bits per heavy atom. The van der Waals surface area contributed by atoms with Crippen LogP contribution in [0.5, 0.6) is 0 Å². The molecule has 10 rings (SSSR count).